The third kappa shape index (κ3) is 3.02. The molecule has 0 spiro atoms. The first-order valence-electron chi connectivity index (χ1n) is 6.68. The Balaban J connectivity index is 1.74. The summed E-state index contributed by atoms with van der Waals surface area (Å²) in [4.78, 5) is 0. The molecule has 3 rings (SSSR count). The van der Waals surface area contributed by atoms with Gasteiger partial charge in [0.2, 0.25) is 0 Å². The van der Waals surface area contributed by atoms with E-state index >= 15 is 0 Å². The fourth-order valence-corrected chi connectivity index (χ4v) is 2.65. The molecular weight excluding hydrogens is 312 g/mol. The molecule has 0 saturated carbocycles. The van der Waals surface area contributed by atoms with E-state index in [-0.39, 0.29) is 0 Å². The predicted octanol–water partition coefficient (Wildman–Crippen LogP) is 5.22. The summed E-state index contributed by atoms with van der Waals surface area (Å²) in [5.74, 6) is 0.950. The lowest BCUT2D eigenvalue weighted by molar-refractivity contribution is 0.326. The Morgan fingerprint density at radius 3 is 2.55 bits per heavy atom. The van der Waals surface area contributed by atoms with Crippen molar-refractivity contribution < 1.29 is 4.74 Å². The number of ether oxygens (including phenoxy) is 1. The number of halogens is 1. The molecule has 0 heterocycles. The van der Waals surface area contributed by atoms with E-state index in [9.17, 15) is 0 Å². The topological polar surface area (TPSA) is 9.23 Å². The monoisotopic (exact) mass is 326 g/mol. The molecular formula is C18H15BrO. The van der Waals surface area contributed by atoms with Crippen LogP contribution in [0.1, 0.15) is 5.56 Å². The summed E-state index contributed by atoms with van der Waals surface area (Å²) in [5.41, 5.74) is 1.30. The van der Waals surface area contributed by atoms with Gasteiger partial charge in [0.15, 0.2) is 0 Å². The van der Waals surface area contributed by atoms with Gasteiger partial charge in [-0.2, -0.15) is 0 Å². The third-order valence-corrected chi connectivity index (χ3v) is 3.79. The Morgan fingerprint density at radius 1 is 0.850 bits per heavy atom. The molecule has 100 valence electrons. The van der Waals surface area contributed by atoms with E-state index in [1.54, 1.807) is 0 Å². The summed E-state index contributed by atoms with van der Waals surface area (Å²) in [6.07, 6.45) is 0.924. The number of hydrogen-bond acceptors (Lipinski definition) is 1. The fraction of sp³-hybridized carbons (Fsp3) is 0.111. The van der Waals surface area contributed by atoms with Crippen LogP contribution in [0.5, 0.6) is 5.75 Å². The highest BCUT2D eigenvalue weighted by Crippen LogP contribution is 2.28. The van der Waals surface area contributed by atoms with Gasteiger partial charge in [-0.25, -0.2) is 0 Å². The summed E-state index contributed by atoms with van der Waals surface area (Å²) < 4.78 is 7.04. The Hall–Kier alpha value is -1.80. The first kappa shape index (κ1) is 13.2. The SMILES string of the molecule is Brc1ccc2c(OCCc3ccccc3)cccc2c1. The highest BCUT2D eigenvalue weighted by atomic mass is 79.9. The van der Waals surface area contributed by atoms with Crippen molar-refractivity contribution in [2.24, 2.45) is 0 Å². The van der Waals surface area contributed by atoms with Crippen LogP contribution in [0.15, 0.2) is 71.2 Å². The summed E-state index contributed by atoms with van der Waals surface area (Å²) in [5, 5.41) is 2.35. The predicted molar refractivity (Wildman–Crippen MR) is 87.3 cm³/mol. The lowest BCUT2D eigenvalue weighted by atomic mass is 10.1. The lowest BCUT2D eigenvalue weighted by Gasteiger charge is -2.09. The standard InChI is InChI=1S/C18H15BrO/c19-16-9-10-17-15(13-16)7-4-8-18(17)20-12-11-14-5-2-1-3-6-14/h1-10,13H,11-12H2. The minimum absolute atomic E-state index is 0.694. The summed E-state index contributed by atoms with van der Waals surface area (Å²) >= 11 is 3.50. The van der Waals surface area contributed by atoms with Crippen LogP contribution in [0, 0.1) is 0 Å². The smallest absolute Gasteiger partial charge is 0.127 e. The quantitative estimate of drug-likeness (QED) is 0.638. The van der Waals surface area contributed by atoms with Crippen LogP contribution in [-0.2, 0) is 6.42 Å². The largest absolute Gasteiger partial charge is 0.493 e. The van der Waals surface area contributed by atoms with E-state index in [0.717, 1.165) is 22.0 Å². The zero-order valence-electron chi connectivity index (χ0n) is 11.1. The number of rotatable bonds is 4. The molecule has 0 aliphatic rings. The van der Waals surface area contributed by atoms with Crippen LogP contribution >= 0.6 is 15.9 Å². The van der Waals surface area contributed by atoms with Crippen molar-refractivity contribution in [2.45, 2.75) is 6.42 Å². The van der Waals surface area contributed by atoms with Crippen LogP contribution in [0.2, 0.25) is 0 Å². The van der Waals surface area contributed by atoms with Crippen molar-refractivity contribution in [3.8, 4) is 5.75 Å². The van der Waals surface area contributed by atoms with E-state index in [0.29, 0.717) is 6.61 Å². The molecule has 0 radical (unpaired) electrons. The molecule has 3 aromatic carbocycles. The number of fused-ring (bicyclic) bond motifs is 1. The maximum Gasteiger partial charge on any atom is 0.127 e. The number of benzene rings is 3. The Labute approximate surface area is 127 Å². The minimum Gasteiger partial charge on any atom is -0.493 e. The maximum atomic E-state index is 5.95. The highest BCUT2D eigenvalue weighted by molar-refractivity contribution is 9.10. The van der Waals surface area contributed by atoms with Crippen LogP contribution in [0.3, 0.4) is 0 Å². The van der Waals surface area contributed by atoms with Crippen LogP contribution in [-0.4, -0.2) is 6.61 Å². The fourth-order valence-electron chi connectivity index (χ4n) is 2.27. The normalized spacial score (nSPS) is 10.7. The van der Waals surface area contributed by atoms with Gasteiger partial charge in [0.05, 0.1) is 6.61 Å². The zero-order valence-corrected chi connectivity index (χ0v) is 12.6. The van der Waals surface area contributed by atoms with E-state index in [1.165, 1.54) is 10.9 Å². The molecule has 0 amide bonds. The molecule has 0 fully saturated rings. The molecule has 0 aliphatic heterocycles. The van der Waals surface area contributed by atoms with Gasteiger partial charge < -0.3 is 4.74 Å². The van der Waals surface area contributed by atoms with Crippen molar-refractivity contribution in [3.63, 3.8) is 0 Å². The van der Waals surface area contributed by atoms with Crippen molar-refractivity contribution >= 4 is 26.7 Å². The van der Waals surface area contributed by atoms with Crippen LogP contribution < -0.4 is 4.74 Å². The Bertz CT molecular complexity index is 707. The molecule has 0 saturated heterocycles. The van der Waals surface area contributed by atoms with Crippen LogP contribution in [0.25, 0.3) is 10.8 Å². The minimum atomic E-state index is 0.694. The second-order valence-corrected chi connectivity index (χ2v) is 5.62. The van der Waals surface area contributed by atoms with Crippen molar-refractivity contribution in [3.05, 3.63) is 76.8 Å². The summed E-state index contributed by atoms with van der Waals surface area (Å²) in [6.45, 7) is 0.694. The second kappa shape index (κ2) is 6.10. The van der Waals surface area contributed by atoms with Gasteiger partial charge in [0.1, 0.15) is 5.75 Å². The molecule has 0 aliphatic carbocycles. The molecule has 0 atom stereocenters. The second-order valence-electron chi connectivity index (χ2n) is 4.71. The first-order chi connectivity index (χ1) is 9.83. The number of hydrogen-bond donors (Lipinski definition) is 0. The van der Waals surface area contributed by atoms with Crippen molar-refractivity contribution in [2.75, 3.05) is 6.61 Å². The molecule has 1 nitrogen and oxygen atoms in total. The molecule has 0 aromatic heterocycles. The molecule has 2 heteroatoms. The van der Waals surface area contributed by atoms with Gasteiger partial charge in [-0.3, -0.25) is 0 Å². The van der Waals surface area contributed by atoms with Gasteiger partial charge in [0, 0.05) is 16.3 Å². The molecule has 20 heavy (non-hydrogen) atoms. The van der Waals surface area contributed by atoms with Crippen LogP contribution in [0.4, 0.5) is 0 Å². The lowest BCUT2D eigenvalue weighted by Crippen LogP contribution is -2.01. The molecule has 0 bridgehead atoms. The van der Waals surface area contributed by atoms with Gasteiger partial charge in [-0.05, 0) is 35.2 Å². The van der Waals surface area contributed by atoms with Gasteiger partial charge in [0.25, 0.3) is 0 Å². The Kier molecular flexibility index (Phi) is 4.03. The van der Waals surface area contributed by atoms with E-state index < -0.39 is 0 Å². The third-order valence-electron chi connectivity index (χ3n) is 3.29. The summed E-state index contributed by atoms with van der Waals surface area (Å²) in [7, 11) is 0. The molecule has 0 N–H and O–H groups in total. The van der Waals surface area contributed by atoms with Gasteiger partial charge in [-0.15, -0.1) is 0 Å². The van der Waals surface area contributed by atoms with Crippen molar-refractivity contribution in [1.29, 1.82) is 0 Å². The first-order valence-corrected chi connectivity index (χ1v) is 7.47. The molecule has 3 aromatic rings. The van der Waals surface area contributed by atoms with E-state index in [1.807, 2.05) is 24.3 Å². The highest BCUT2D eigenvalue weighted by Gasteiger charge is 2.02. The maximum absolute atomic E-state index is 5.95. The Morgan fingerprint density at radius 2 is 1.70 bits per heavy atom. The van der Waals surface area contributed by atoms with Crippen molar-refractivity contribution in [1.82, 2.24) is 0 Å². The average Bonchev–Trinajstić information content (AvgIpc) is 2.48. The average molecular weight is 327 g/mol. The van der Waals surface area contributed by atoms with E-state index in [2.05, 4.69) is 58.4 Å². The molecule has 0 unspecified atom stereocenters. The zero-order chi connectivity index (χ0) is 13.8. The van der Waals surface area contributed by atoms with E-state index in [4.69, 9.17) is 4.74 Å². The summed E-state index contributed by atoms with van der Waals surface area (Å²) in [6, 6.07) is 22.8. The van der Waals surface area contributed by atoms with Gasteiger partial charge in [-0.1, -0.05) is 58.4 Å². The van der Waals surface area contributed by atoms with Gasteiger partial charge >= 0.3 is 0 Å².